The van der Waals surface area contributed by atoms with E-state index in [2.05, 4.69) is 43.3 Å². The molecule has 8 heteroatoms. The van der Waals surface area contributed by atoms with Crippen LogP contribution in [0.3, 0.4) is 0 Å². The van der Waals surface area contributed by atoms with E-state index in [9.17, 15) is 4.79 Å². The Balaban J connectivity index is 1.39. The van der Waals surface area contributed by atoms with Gasteiger partial charge in [0.25, 0.3) is 5.91 Å². The Kier molecular flexibility index (Phi) is 8.39. The molecule has 0 unspecified atom stereocenters. The van der Waals surface area contributed by atoms with Gasteiger partial charge in [-0.25, -0.2) is 0 Å². The molecular weight excluding hydrogens is 510 g/mol. The molecule has 0 atom stereocenters. The lowest BCUT2D eigenvalue weighted by Gasteiger charge is -2.28. The lowest BCUT2D eigenvalue weighted by atomic mass is 10.2. The molecule has 7 nitrogen and oxygen atoms in total. The number of methoxy groups -OCH3 is 1. The van der Waals surface area contributed by atoms with Gasteiger partial charge in [-0.05, 0) is 71.4 Å². The van der Waals surface area contributed by atoms with Gasteiger partial charge in [-0.15, -0.1) is 0 Å². The number of morpholine rings is 1. The largest absolute Gasteiger partial charge is 0.493 e. The number of amides is 1. The Morgan fingerprint density at radius 2 is 1.80 bits per heavy atom. The van der Waals surface area contributed by atoms with Crippen molar-refractivity contribution in [2.24, 2.45) is 4.99 Å². The van der Waals surface area contributed by atoms with Gasteiger partial charge in [0.1, 0.15) is 0 Å². The number of aryl methyl sites for hydroxylation is 1. The number of carbonyl (C=O) groups is 1. The van der Waals surface area contributed by atoms with Crippen LogP contribution in [0.2, 0.25) is 0 Å². The molecule has 1 N–H and O–H groups in total. The van der Waals surface area contributed by atoms with Crippen LogP contribution in [0.5, 0.6) is 11.5 Å². The van der Waals surface area contributed by atoms with Crippen LogP contribution in [0, 0.1) is 6.92 Å². The average Bonchev–Trinajstić information content (AvgIpc) is 2.89. The monoisotopic (exact) mass is 537 g/mol. The molecule has 1 aliphatic rings. The molecule has 35 heavy (non-hydrogen) atoms. The Labute approximate surface area is 213 Å². The number of nitrogens with one attached hydrogen (secondary N) is 1. The van der Waals surface area contributed by atoms with E-state index in [1.165, 1.54) is 5.69 Å². The van der Waals surface area contributed by atoms with Crippen LogP contribution >= 0.6 is 15.9 Å². The summed E-state index contributed by atoms with van der Waals surface area (Å²) < 4.78 is 17.4. The Morgan fingerprint density at radius 1 is 1.09 bits per heavy atom. The standard InChI is InChI=1S/C27H28BrN3O4/c1-19-3-5-22(6-4-19)30-27(32)18-35-26-16-24(28)20(15-25(26)33-2)17-29-21-7-9-23(10-8-21)31-11-13-34-14-12-31/h3-10,15-17H,11-14,18H2,1-2H3,(H,30,32). The highest BCUT2D eigenvalue weighted by Gasteiger charge is 2.13. The summed E-state index contributed by atoms with van der Waals surface area (Å²) in [5.41, 5.74) is 4.70. The molecule has 0 bridgehead atoms. The first kappa shape index (κ1) is 24.8. The van der Waals surface area contributed by atoms with Gasteiger partial charge in [0.05, 0.1) is 26.0 Å². The Hall–Kier alpha value is -3.36. The van der Waals surface area contributed by atoms with Crippen molar-refractivity contribution in [3.05, 3.63) is 76.3 Å². The summed E-state index contributed by atoms with van der Waals surface area (Å²) in [6.45, 7) is 5.17. The highest BCUT2D eigenvalue weighted by Crippen LogP contribution is 2.33. The highest BCUT2D eigenvalue weighted by atomic mass is 79.9. The quantitative estimate of drug-likeness (QED) is 0.391. The molecule has 3 aromatic carbocycles. The zero-order valence-corrected chi connectivity index (χ0v) is 21.4. The van der Waals surface area contributed by atoms with E-state index in [1.54, 1.807) is 19.4 Å². The van der Waals surface area contributed by atoms with Crippen LogP contribution in [0.4, 0.5) is 17.1 Å². The maximum atomic E-state index is 12.3. The fraction of sp³-hybridized carbons (Fsp3) is 0.259. The molecule has 0 spiro atoms. The number of hydrogen-bond donors (Lipinski definition) is 1. The third-order valence-corrected chi connectivity index (χ3v) is 6.24. The summed E-state index contributed by atoms with van der Waals surface area (Å²) in [4.78, 5) is 19.2. The van der Waals surface area contributed by atoms with Gasteiger partial charge >= 0.3 is 0 Å². The van der Waals surface area contributed by atoms with Gasteiger partial charge in [-0.1, -0.05) is 17.7 Å². The number of benzene rings is 3. The summed E-state index contributed by atoms with van der Waals surface area (Å²) in [6, 6.07) is 19.3. The molecule has 1 saturated heterocycles. The maximum Gasteiger partial charge on any atom is 0.262 e. The van der Waals surface area contributed by atoms with Crippen molar-refractivity contribution in [2.75, 3.05) is 50.2 Å². The maximum absolute atomic E-state index is 12.3. The first-order chi connectivity index (χ1) is 17.0. The molecule has 182 valence electrons. The molecule has 1 heterocycles. The number of anilines is 2. The smallest absolute Gasteiger partial charge is 0.262 e. The molecule has 0 saturated carbocycles. The number of aliphatic imine (C=N–C) groups is 1. The number of hydrogen-bond acceptors (Lipinski definition) is 6. The van der Waals surface area contributed by atoms with Crippen LogP contribution in [0.15, 0.2) is 70.1 Å². The predicted octanol–water partition coefficient (Wildman–Crippen LogP) is 5.37. The van der Waals surface area contributed by atoms with Gasteiger partial charge in [0.2, 0.25) is 0 Å². The van der Waals surface area contributed by atoms with Crippen molar-refractivity contribution in [1.29, 1.82) is 0 Å². The zero-order chi connectivity index (χ0) is 24.6. The minimum Gasteiger partial charge on any atom is -0.493 e. The van der Waals surface area contributed by atoms with Gasteiger partial charge < -0.3 is 24.4 Å². The summed E-state index contributed by atoms with van der Waals surface area (Å²) >= 11 is 3.57. The van der Waals surface area contributed by atoms with E-state index in [-0.39, 0.29) is 12.5 Å². The first-order valence-corrected chi connectivity index (χ1v) is 12.1. The van der Waals surface area contributed by atoms with Crippen LogP contribution in [-0.4, -0.2) is 52.1 Å². The van der Waals surface area contributed by atoms with E-state index >= 15 is 0 Å². The van der Waals surface area contributed by atoms with Crippen molar-refractivity contribution in [2.45, 2.75) is 6.92 Å². The van der Waals surface area contributed by atoms with Crippen molar-refractivity contribution < 1.29 is 19.0 Å². The fourth-order valence-electron chi connectivity index (χ4n) is 3.61. The lowest BCUT2D eigenvalue weighted by molar-refractivity contribution is -0.118. The van der Waals surface area contributed by atoms with E-state index < -0.39 is 0 Å². The summed E-state index contributed by atoms with van der Waals surface area (Å²) in [5, 5.41) is 2.82. The minimum atomic E-state index is -0.252. The Morgan fingerprint density at radius 3 is 2.49 bits per heavy atom. The first-order valence-electron chi connectivity index (χ1n) is 11.4. The van der Waals surface area contributed by atoms with Gasteiger partial charge in [0, 0.05) is 40.7 Å². The normalized spacial score (nSPS) is 13.6. The lowest BCUT2D eigenvalue weighted by Crippen LogP contribution is -2.36. The van der Waals surface area contributed by atoms with Crippen LogP contribution in [0.1, 0.15) is 11.1 Å². The number of halogens is 1. The molecule has 0 radical (unpaired) electrons. The number of nitrogens with zero attached hydrogens (tertiary/aromatic N) is 2. The van der Waals surface area contributed by atoms with Crippen LogP contribution < -0.4 is 19.7 Å². The van der Waals surface area contributed by atoms with Crippen molar-refractivity contribution in [1.82, 2.24) is 0 Å². The Bertz CT molecular complexity index is 1170. The summed E-state index contributed by atoms with van der Waals surface area (Å²) in [5.74, 6) is 0.726. The summed E-state index contributed by atoms with van der Waals surface area (Å²) in [7, 11) is 1.56. The third kappa shape index (κ3) is 6.83. The molecule has 0 aliphatic carbocycles. The van der Waals surface area contributed by atoms with Gasteiger partial charge in [-0.2, -0.15) is 0 Å². The molecule has 1 amide bonds. The van der Waals surface area contributed by atoms with Crippen LogP contribution in [-0.2, 0) is 9.53 Å². The molecule has 0 aromatic heterocycles. The predicted molar refractivity (Wildman–Crippen MR) is 143 cm³/mol. The van der Waals surface area contributed by atoms with Crippen molar-refractivity contribution >= 4 is 45.1 Å². The van der Waals surface area contributed by atoms with E-state index in [4.69, 9.17) is 14.2 Å². The van der Waals surface area contributed by atoms with Gasteiger partial charge in [-0.3, -0.25) is 9.79 Å². The van der Waals surface area contributed by atoms with Gasteiger partial charge in [0.15, 0.2) is 18.1 Å². The molecule has 1 aliphatic heterocycles. The van der Waals surface area contributed by atoms with Crippen LogP contribution in [0.25, 0.3) is 0 Å². The molecule has 1 fully saturated rings. The van der Waals surface area contributed by atoms with E-state index in [0.29, 0.717) is 11.5 Å². The highest BCUT2D eigenvalue weighted by molar-refractivity contribution is 9.10. The summed E-state index contributed by atoms with van der Waals surface area (Å²) in [6.07, 6.45) is 1.77. The topological polar surface area (TPSA) is 72.4 Å². The molecule has 3 aromatic rings. The SMILES string of the molecule is COc1cc(C=Nc2ccc(N3CCOCC3)cc2)c(Br)cc1OCC(=O)Nc1ccc(C)cc1. The zero-order valence-electron chi connectivity index (χ0n) is 19.8. The second-order valence-electron chi connectivity index (χ2n) is 8.10. The van der Waals surface area contributed by atoms with E-state index in [0.717, 1.165) is 53.3 Å². The number of carbonyl (C=O) groups excluding carboxylic acids is 1. The average molecular weight is 538 g/mol. The fourth-order valence-corrected chi connectivity index (χ4v) is 4.04. The molecular formula is C27H28BrN3O4. The second kappa shape index (κ2) is 11.9. The third-order valence-electron chi connectivity index (χ3n) is 5.56. The van der Waals surface area contributed by atoms with E-state index in [1.807, 2.05) is 49.4 Å². The van der Waals surface area contributed by atoms with Crippen molar-refractivity contribution in [3.8, 4) is 11.5 Å². The second-order valence-corrected chi connectivity index (χ2v) is 8.96. The molecule has 4 rings (SSSR count). The number of ether oxygens (including phenoxy) is 3. The minimum absolute atomic E-state index is 0.139. The number of rotatable bonds is 8. The van der Waals surface area contributed by atoms with Crippen molar-refractivity contribution in [3.63, 3.8) is 0 Å².